The zero-order valence-corrected chi connectivity index (χ0v) is 17.4. The van der Waals surface area contributed by atoms with E-state index in [1.807, 2.05) is 57.2 Å². The monoisotopic (exact) mass is 415 g/mol. The van der Waals surface area contributed by atoms with Crippen molar-refractivity contribution in [2.75, 3.05) is 30.4 Å². The third-order valence-electron chi connectivity index (χ3n) is 6.06. The molecule has 0 unspecified atom stereocenters. The Hall–Kier alpha value is -2.60. The third-order valence-corrected chi connectivity index (χ3v) is 6.47. The average molecular weight is 416 g/mol. The largest absolute Gasteiger partial charge is 0.372 e. The number of fused-ring (bicyclic) bond motifs is 1. The summed E-state index contributed by atoms with van der Waals surface area (Å²) in [6.45, 7) is 5.39. The lowest BCUT2D eigenvalue weighted by molar-refractivity contribution is -0.139. The maximum atomic E-state index is 12.9. The number of benzene rings is 2. The zero-order valence-electron chi connectivity index (χ0n) is 16.6. The number of likely N-dealkylation sites (tertiary alicyclic amines) is 1. The number of amides is 2. The Kier molecular flexibility index (Phi) is 4.57. The highest BCUT2D eigenvalue weighted by Gasteiger charge is 2.48. The number of nitrogens with zero attached hydrogens (tertiary/aromatic N) is 1. The van der Waals surface area contributed by atoms with E-state index >= 15 is 0 Å². The van der Waals surface area contributed by atoms with Gasteiger partial charge < -0.3 is 15.5 Å². The van der Waals surface area contributed by atoms with Crippen molar-refractivity contribution in [1.29, 1.82) is 0 Å². The van der Waals surface area contributed by atoms with Crippen LogP contribution in [0.4, 0.5) is 15.8 Å². The summed E-state index contributed by atoms with van der Waals surface area (Å²) in [4.78, 5) is 25.6. The number of hydrogen-bond donors (Lipinski definition) is 2. The molecule has 2 aliphatic rings. The highest BCUT2D eigenvalue weighted by Crippen LogP contribution is 2.42. The van der Waals surface area contributed by atoms with Crippen molar-refractivity contribution in [3.63, 3.8) is 0 Å². The molecule has 5 nitrogen and oxygen atoms in total. The molecule has 152 valence electrons. The molecule has 2 aliphatic heterocycles. The van der Waals surface area contributed by atoms with Crippen LogP contribution in [0.5, 0.6) is 0 Å². The van der Waals surface area contributed by atoms with E-state index in [9.17, 15) is 14.0 Å². The van der Waals surface area contributed by atoms with Gasteiger partial charge in [0.1, 0.15) is 0 Å². The summed E-state index contributed by atoms with van der Waals surface area (Å²) < 4.78 is 12.9. The van der Waals surface area contributed by atoms with Gasteiger partial charge in [-0.1, -0.05) is 29.8 Å². The zero-order chi connectivity index (χ0) is 21.0. The minimum atomic E-state index is -1.01. The number of anilines is 2. The molecule has 2 aromatic rings. The number of rotatable bonds is 4. The van der Waals surface area contributed by atoms with E-state index < -0.39 is 23.5 Å². The Labute approximate surface area is 174 Å². The standard InChI is InChI=1S/C22H23ClFN3O2/c1-13-15(5-4-6-17(13)23)22(11-27(12-22)19(28)10-24)26-14-7-8-16-18(9-14)25-20(29)21(16,2)3/h4-9,26H,10-12H2,1-3H3,(H,25,29). The smallest absolute Gasteiger partial charge is 0.254 e. The van der Waals surface area contributed by atoms with Crippen molar-refractivity contribution in [2.24, 2.45) is 0 Å². The SMILES string of the molecule is Cc1c(Cl)cccc1C1(Nc2ccc3c(c2)NC(=O)C3(C)C)CN(C(=O)CF)C1. The first-order chi connectivity index (χ1) is 13.7. The van der Waals surface area contributed by atoms with Crippen LogP contribution in [-0.4, -0.2) is 36.5 Å². The van der Waals surface area contributed by atoms with E-state index in [-0.39, 0.29) is 5.91 Å². The Morgan fingerprint density at radius 1 is 1.24 bits per heavy atom. The van der Waals surface area contributed by atoms with Gasteiger partial charge in [0.2, 0.25) is 5.91 Å². The van der Waals surface area contributed by atoms with Gasteiger partial charge in [-0.3, -0.25) is 9.59 Å². The van der Waals surface area contributed by atoms with E-state index in [1.54, 1.807) is 0 Å². The first-order valence-electron chi connectivity index (χ1n) is 9.51. The first-order valence-corrected chi connectivity index (χ1v) is 9.89. The Bertz CT molecular complexity index is 1020. The van der Waals surface area contributed by atoms with Crippen molar-refractivity contribution in [1.82, 2.24) is 4.90 Å². The summed E-state index contributed by atoms with van der Waals surface area (Å²) in [7, 11) is 0. The molecule has 1 saturated heterocycles. The van der Waals surface area contributed by atoms with Crippen LogP contribution in [-0.2, 0) is 20.5 Å². The van der Waals surface area contributed by atoms with Crippen LogP contribution < -0.4 is 10.6 Å². The molecular weight excluding hydrogens is 393 g/mol. The summed E-state index contributed by atoms with van der Waals surface area (Å²) >= 11 is 6.34. The normalized spacial score (nSPS) is 18.7. The predicted octanol–water partition coefficient (Wildman–Crippen LogP) is 4.00. The molecule has 0 radical (unpaired) electrons. The number of carbonyl (C=O) groups excluding carboxylic acids is 2. The van der Waals surface area contributed by atoms with Gasteiger partial charge in [-0.15, -0.1) is 0 Å². The Balaban J connectivity index is 1.70. The summed E-state index contributed by atoms with van der Waals surface area (Å²) in [6, 6.07) is 11.5. The quantitative estimate of drug-likeness (QED) is 0.793. The van der Waals surface area contributed by atoms with E-state index in [0.717, 1.165) is 28.1 Å². The van der Waals surface area contributed by atoms with Crippen LogP contribution >= 0.6 is 11.6 Å². The molecule has 0 aromatic heterocycles. The van der Waals surface area contributed by atoms with Gasteiger partial charge in [0.15, 0.2) is 6.67 Å². The van der Waals surface area contributed by atoms with Crippen molar-refractivity contribution in [3.8, 4) is 0 Å². The number of carbonyl (C=O) groups is 2. The third kappa shape index (κ3) is 3.06. The van der Waals surface area contributed by atoms with Crippen molar-refractivity contribution in [3.05, 3.63) is 58.1 Å². The Morgan fingerprint density at radius 3 is 2.66 bits per heavy atom. The molecule has 29 heavy (non-hydrogen) atoms. The summed E-state index contributed by atoms with van der Waals surface area (Å²) in [5, 5.41) is 7.10. The fraction of sp³-hybridized carbons (Fsp3) is 0.364. The minimum absolute atomic E-state index is 0.0339. The van der Waals surface area contributed by atoms with Gasteiger partial charge >= 0.3 is 0 Å². The molecular formula is C22H23ClFN3O2. The fourth-order valence-electron chi connectivity index (χ4n) is 4.26. The second-order valence-electron chi connectivity index (χ2n) is 8.34. The van der Waals surface area contributed by atoms with E-state index in [2.05, 4.69) is 10.6 Å². The highest BCUT2D eigenvalue weighted by atomic mass is 35.5. The van der Waals surface area contributed by atoms with E-state index in [0.29, 0.717) is 18.1 Å². The second kappa shape index (κ2) is 6.73. The molecule has 0 aliphatic carbocycles. The lowest BCUT2D eigenvalue weighted by Crippen LogP contribution is -2.65. The topological polar surface area (TPSA) is 61.4 Å². The first kappa shape index (κ1) is 19.7. The van der Waals surface area contributed by atoms with Gasteiger partial charge in [0, 0.05) is 29.5 Å². The van der Waals surface area contributed by atoms with Gasteiger partial charge in [0.05, 0.1) is 11.0 Å². The summed E-state index contributed by atoms with van der Waals surface area (Å²) in [6.07, 6.45) is 0. The van der Waals surface area contributed by atoms with Crippen LogP contribution in [0.25, 0.3) is 0 Å². The van der Waals surface area contributed by atoms with E-state index in [1.165, 1.54) is 4.90 Å². The van der Waals surface area contributed by atoms with Gasteiger partial charge in [0.25, 0.3) is 5.91 Å². The minimum Gasteiger partial charge on any atom is -0.372 e. The lowest BCUT2D eigenvalue weighted by atomic mass is 9.79. The lowest BCUT2D eigenvalue weighted by Gasteiger charge is -2.51. The molecule has 2 heterocycles. The predicted molar refractivity (Wildman–Crippen MR) is 112 cm³/mol. The summed E-state index contributed by atoms with van der Waals surface area (Å²) in [5.41, 5.74) is 3.28. The van der Waals surface area contributed by atoms with Crippen LogP contribution in [0.2, 0.25) is 5.02 Å². The average Bonchev–Trinajstić information content (AvgIpc) is 2.88. The van der Waals surface area contributed by atoms with Crippen LogP contribution in [0, 0.1) is 6.92 Å². The number of halogens is 2. The number of alkyl halides is 1. The molecule has 0 saturated carbocycles. The number of hydrogen-bond acceptors (Lipinski definition) is 3. The molecule has 4 rings (SSSR count). The van der Waals surface area contributed by atoms with Gasteiger partial charge in [-0.2, -0.15) is 0 Å². The maximum absolute atomic E-state index is 12.9. The molecule has 1 fully saturated rings. The Morgan fingerprint density at radius 2 is 1.97 bits per heavy atom. The molecule has 0 spiro atoms. The fourth-order valence-corrected chi connectivity index (χ4v) is 4.43. The molecule has 0 atom stereocenters. The van der Waals surface area contributed by atoms with Gasteiger partial charge in [-0.25, -0.2) is 4.39 Å². The molecule has 2 N–H and O–H groups in total. The maximum Gasteiger partial charge on any atom is 0.254 e. The van der Waals surface area contributed by atoms with Crippen molar-refractivity contribution >= 4 is 34.8 Å². The van der Waals surface area contributed by atoms with E-state index in [4.69, 9.17) is 11.6 Å². The highest BCUT2D eigenvalue weighted by molar-refractivity contribution is 6.31. The summed E-state index contributed by atoms with van der Waals surface area (Å²) in [5.74, 6) is -0.557. The van der Waals surface area contributed by atoms with Crippen molar-refractivity contribution in [2.45, 2.75) is 31.7 Å². The van der Waals surface area contributed by atoms with Gasteiger partial charge in [-0.05, 0) is 55.7 Å². The molecule has 2 amide bonds. The number of nitrogens with one attached hydrogen (secondary N) is 2. The van der Waals surface area contributed by atoms with Crippen LogP contribution in [0.3, 0.4) is 0 Å². The molecule has 0 bridgehead atoms. The van der Waals surface area contributed by atoms with Crippen molar-refractivity contribution < 1.29 is 14.0 Å². The molecule has 7 heteroatoms. The molecule has 2 aromatic carbocycles. The van der Waals surface area contributed by atoms with Crippen LogP contribution in [0.1, 0.15) is 30.5 Å². The van der Waals surface area contributed by atoms with Crippen LogP contribution in [0.15, 0.2) is 36.4 Å². The second-order valence-corrected chi connectivity index (χ2v) is 8.75.